The van der Waals surface area contributed by atoms with Gasteiger partial charge in [-0.1, -0.05) is 13.8 Å². The Balaban J connectivity index is 2.36. The molecular formula is C14H26N2O4. The van der Waals surface area contributed by atoms with Gasteiger partial charge in [-0.3, -0.25) is 4.79 Å². The molecular weight excluding hydrogens is 260 g/mol. The van der Waals surface area contributed by atoms with Crippen molar-refractivity contribution in [2.45, 2.75) is 52.1 Å². The Morgan fingerprint density at radius 2 is 2.05 bits per heavy atom. The van der Waals surface area contributed by atoms with E-state index in [1.165, 1.54) is 0 Å². The fourth-order valence-corrected chi connectivity index (χ4v) is 2.38. The normalized spacial score (nSPS) is 23.6. The monoisotopic (exact) mass is 286 g/mol. The summed E-state index contributed by atoms with van der Waals surface area (Å²) in [6, 6.07) is -0.318. The number of aliphatic carboxylic acids is 1. The molecule has 1 rings (SSSR count). The van der Waals surface area contributed by atoms with Crippen LogP contribution in [0.4, 0.5) is 4.79 Å². The Labute approximate surface area is 120 Å². The fraction of sp³-hybridized carbons (Fsp3) is 0.857. The van der Waals surface area contributed by atoms with Crippen molar-refractivity contribution in [3.63, 3.8) is 0 Å². The summed E-state index contributed by atoms with van der Waals surface area (Å²) < 4.78 is 5.36. The molecule has 0 aliphatic heterocycles. The summed E-state index contributed by atoms with van der Waals surface area (Å²) >= 11 is 0. The molecule has 1 unspecified atom stereocenters. The first-order chi connectivity index (χ1) is 9.43. The number of hydrogen-bond donors (Lipinski definition) is 3. The van der Waals surface area contributed by atoms with Crippen LogP contribution in [0.3, 0.4) is 0 Å². The zero-order valence-electron chi connectivity index (χ0n) is 12.5. The summed E-state index contributed by atoms with van der Waals surface area (Å²) in [5.74, 6) is -0.821. The van der Waals surface area contributed by atoms with Gasteiger partial charge in [0.1, 0.15) is 0 Å². The lowest BCUT2D eigenvalue weighted by molar-refractivity contribution is -0.141. The van der Waals surface area contributed by atoms with E-state index in [-0.39, 0.29) is 30.0 Å². The number of nitrogens with one attached hydrogen (secondary N) is 2. The second-order valence-electron chi connectivity index (χ2n) is 5.67. The molecule has 0 saturated heterocycles. The minimum Gasteiger partial charge on any atom is -0.481 e. The predicted octanol–water partition coefficient (Wildman–Crippen LogP) is 1.60. The molecule has 2 amide bonds. The lowest BCUT2D eigenvalue weighted by Gasteiger charge is -2.23. The molecule has 3 N–H and O–H groups in total. The Hall–Kier alpha value is -1.30. The summed E-state index contributed by atoms with van der Waals surface area (Å²) in [4.78, 5) is 22.8. The van der Waals surface area contributed by atoms with Crippen LogP contribution in [0.2, 0.25) is 0 Å². The van der Waals surface area contributed by atoms with Crippen LogP contribution in [-0.2, 0) is 9.53 Å². The van der Waals surface area contributed by atoms with Crippen molar-refractivity contribution < 1.29 is 19.4 Å². The maximum absolute atomic E-state index is 11.9. The Bertz CT molecular complexity index is 333. The van der Waals surface area contributed by atoms with Crippen LogP contribution in [0.15, 0.2) is 0 Å². The molecule has 1 aliphatic carbocycles. The van der Waals surface area contributed by atoms with Gasteiger partial charge in [0.2, 0.25) is 0 Å². The minimum absolute atomic E-state index is 0.0355. The van der Waals surface area contributed by atoms with Crippen LogP contribution in [0.1, 0.15) is 40.0 Å². The predicted molar refractivity (Wildman–Crippen MR) is 75.6 cm³/mol. The fourth-order valence-electron chi connectivity index (χ4n) is 2.38. The van der Waals surface area contributed by atoms with Crippen LogP contribution in [0.5, 0.6) is 0 Å². The summed E-state index contributed by atoms with van der Waals surface area (Å²) in [5, 5.41) is 14.7. The van der Waals surface area contributed by atoms with Crippen LogP contribution in [0.25, 0.3) is 0 Å². The Morgan fingerprint density at radius 1 is 1.35 bits per heavy atom. The van der Waals surface area contributed by atoms with Gasteiger partial charge in [-0.25, -0.2) is 4.79 Å². The smallest absolute Gasteiger partial charge is 0.315 e. The number of carbonyl (C=O) groups is 2. The number of ether oxygens (including phenoxy) is 1. The molecule has 0 spiro atoms. The van der Waals surface area contributed by atoms with Crippen molar-refractivity contribution in [3.8, 4) is 0 Å². The van der Waals surface area contributed by atoms with Crippen molar-refractivity contribution in [2.24, 2.45) is 11.8 Å². The summed E-state index contributed by atoms with van der Waals surface area (Å²) in [7, 11) is 0. The zero-order chi connectivity index (χ0) is 15.1. The van der Waals surface area contributed by atoms with Gasteiger partial charge in [0.25, 0.3) is 0 Å². The number of hydrogen-bond acceptors (Lipinski definition) is 3. The van der Waals surface area contributed by atoms with Gasteiger partial charge in [-0.2, -0.15) is 0 Å². The molecule has 1 fully saturated rings. The van der Waals surface area contributed by atoms with E-state index in [9.17, 15) is 9.59 Å². The first-order valence-electron chi connectivity index (χ1n) is 7.31. The molecule has 0 heterocycles. The van der Waals surface area contributed by atoms with E-state index in [0.717, 1.165) is 6.42 Å². The Kier molecular flexibility index (Phi) is 6.78. The van der Waals surface area contributed by atoms with E-state index < -0.39 is 5.97 Å². The van der Waals surface area contributed by atoms with E-state index in [0.29, 0.717) is 26.1 Å². The van der Waals surface area contributed by atoms with E-state index in [1.54, 1.807) is 0 Å². The summed E-state index contributed by atoms with van der Waals surface area (Å²) in [5.41, 5.74) is 0. The topological polar surface area (TPSA) is 87.7 Å². The molecule has 0 aromatic heterocycles. The molecule has 1 aliphatic rings. The maximum Gasteiger partial charge on any atom is 0.315 e. The highest BCUT2D eigenvalue weighted by Crippen LogP contribution is 2.25. The van der Waals surface area contributed by atoms with E-state index in [2.05, 4.69) is 10.6 Å². The molecule has 6 nitrogen and oxygen atoms in total. The molecule has 20 heavy (non-hydrogen) atoms. The molecule has 3 atom stereocenters. The van der Waals surface area contributed by atoms with Gasteiger partial charge < -0.3 is 20.5 Å². The van der Waals surface area contributed by atoms with E-state index in [1.807, 2.05) is 20.8 Å². The molecule has 6 heteroatoms. The highest BCUT2D eigenvalue weighted by Gasteiger charge is 2.30. The molecule has 116 valence electrons. The van der Waals surface area contributed by atoms with E-state index >= 15 is 0 Å². The molecule has 0 radical (unpaired) electrons. The third-order valence-electron chi connectivity index (χ3n) is 3.74. The van der Waals surface area contributed by atoms with Gasteiger partial charge in [0.15, 0.2) is 0 Å². The Morgan fingerprint density at radius 3 is 2.55 bits per heavy atom. The van der Waals surface area contributed by atoms with Gasteiger partial charge >= 0.3 is 12.0 Å². The summed E-state index contributed by atoms with van der Waals surface area (Å²) in [6.07, 6.45) is 1.87. The standard InChI is InChI=1S/C14H26N2O4/c1-4-20-8-12(9(2)3)16-14(19)15-11-6-5-10(7-11)13(17)18/h9-12H,4-8H2,1-3H3,(H,17,18)(H2,15,16,19)/t10-,11+,12?/m1/s1. The number of urea groups is 1. The summed E-state index contributed by atoms with van der Waals surface area (Å²) in [6.45, 7) is 7.08. The number of rotatable bonds is 7. The number of carboxylic acid groups (broad SMARTS) is 1. The maximum atomic E-state index is 11.9. The number of carbonyl (C=O) groups excluding carboxylic acids is 1. The van der Waals surface area contributed by atoms with Crippen LogP contribution >= 0.6 is 0 Å². The second kappa shape index (κ2) is 8.09. The highest BCUT2D eigenvalue weighted by atomic mass is 16.5. The van der Waals surface area contributed by atoms with Crippen molar-refractivity contribution in [2.75, 3.05) is 13.2 Å². The van der Waals surface area contributed by atoms with Gasteiger partial charge in [-0.15, -0.1) is 0 Å². The SMILES string of the molecule is CCOCC(NC(=O)N[C@H]1CC[C@@H](C(=O)O)C1)C(C)C. The highest BCUT2D eigenvalue weighted by molar-refractivity contribution is 5.75. The first-order valence-corrected chi connectivity index (χ1v) is 7.31. The third-order valence-corrected chi connectivity index (χ3v) is 3.74. The molecule has 0 aromatic rings. The largest absolute Gasteiger partial charge is 0.481 e. The van der Waals surface area contributed by atoms with Crippen LogP contribution in [-0.4, -0.2) is 42.4 Å². The van der Waals surface area contributed by atoms with Crippen molar-refractivity contribution in [3.05, 3.63) is 0 Å². The lowest BCUT2D eigenvalue weighted by atomic mass is 10.1. The zero-order valence-corrected chi connectivity index (χ0v) is 12.5. The quantitative estimate of drug-likeness (QED) is 0.663. The van der Waals surface area contributed by atoms with Crippen LogP contribution in [0, 0.1) is 11.8 Å². The average molecular weight is 286 g/mol. The average Bonchev–Trinajstić information content (AvgIpc) is 2.82. The molecule has 0 aromatic carbocycles. The molecule has 1 saturated carbocycles. The van der Waals surface area contributed by atoms with Gasteiger partial charge in [-0.05, 0) is 32.1 Å². The van der Waals surface area contributed by atoms with Crippen molar-refractivity contribution in [1.82, 2.24) is 10.6 Å². The number of amides is 2. The lowest BCUT2D eigenvalue weighted by Crippen LogP contribution is -2.49. The van der Waals surface area contributed by atoms with Crippen molar-refractivity contribution in [1.29, 1.82) is 0 Å². The number of carboxylic acids is 1. The van der Waals surface area contributed by atoms with E-state index in [4.69, 9.17) is 9.84 Å². The minimum atomic E-state index is -0.772. The van der Waals surface area contributed by atoms with Gasteiger partial charge in [0, 0.05) is 12.6 Å². The van der Waals surface area contributed by atoms with Crippen molar-refractivity contribution >= 4 is 12.0 Å². The second-order valence-corrected chi connectivity index (χ2v) is 5.67. The van der Waals surface area contributed by atoms with Gasteiger partial charge in [0.05, 0.1) is 18.6 Å². The molecule has 0 bridgehead atoms. The van der Waals surface area contributed by atoms with Crippen LogP contribution < -0.4 is 10.6 Å². The first kappa shape index (κ1) is 16.8. The third kappa shape index (κ3) is 5.36.